The Morgan fingerprint density at radius 3 is 1.64 bits per heavy atom. The SMILES string of the molecule is CCCCCCCCc1c(-c2ccc(C)cc2C)cc(P2CCCCC2)cc1-c1ccc(C)cc1C. The molecule has 0 aliphatic carbocycles. The first-order valence-electron chi connectivity index (χ1n) is 14.5. The molecule has 3 aromatic carbocycles. The zero-order valence-electron chi connectivity index (χ0n) is 23.6. The average Bonchev–Trinajstić information content (AvgIpc) is 2.87. The van der Waals surface area contributed by atoms with Gasteiger partial charge in [-0.05, 0) is 122 Å². The van der Waals surface area contributed by atoms with Crippen molar-refractivity contribution in [1.29, 1.82) is 0 Å². The third-order valence-corrected chi connectivity index (χ3v) is 10.8. The summed E-state index contributed by atoms with van der Waals surface area (Å²) in [5, 5.41) is 1.64. The molecule has 0 saturated carbocycles. The highest BCUT2D eigenvalue weighted by atomic mass is 31.1. The van der Waals surface area contributed by atoms with Crippen LogP contribution in [0, 0.1) is 27.7 Å². The minimum Gasteiger partial charge on any atom is -0.0753 e. The zero-order valence-corrected chi connectivity index (χ0v) is 24.4. The molecule has 0 aromatic heterocycles. The highest BCUT2D eigenvalue weighted by Crippen LogP contribution is 2.45. The summed E-state index contributed by atoms with van der Waals surface area (Å²) in [6.07, 6.45) is 16.3. The lowest BCUT2D eigenvalue weighted by molar-refractivity contribution is 0.608. The minimum absolute atomic E-state index is 0.0470. The first-order valence-corrected chi connectivity index (χ1v) is 16.3. The van der Waals surface area contributed by atoms with E-state index in [4.69, 9.17) is 0 Å². The molecule has 1 fully saturated rings. The number of hydrogen-bond donors (Lipinski definition) is 0. The number of hydrogen-bond acceptors (Lipinski definition) is 0. The van der Waals surface area contributed by atoms with Crippen LogP contribution in [0.5, 0.6) is 0 Å². The fourth-order valence-electron chi connectivity index (χ4n) is 6.06. The molecule has 1 aliphatic heterocycles. The van der Waals surface area contributed by atoms with E-state index in [1.54, 1.807) is 10.9 Å². The number of benzene rings is 3. The van der Waals surface area contributed by atoms with Gasteiger partial charge in [-0.15, -0.1) is 0 Å². The third-order valence-electron chi connectivity index (χ3n) is 8.08. The van der Waals surface area contributed by atoms with Gasteiger partial charge in [0.25, 0.3) is 0 Å². The van der Waals surface area contributed by atoms with Gasteiger partial charge in [0.15, 0.2) is 0 Å². The molecule has 1 heteroatoms. The molecule has 0 N–H and O–H groups in total. The van der Waals surface area contributed by atoms with Crippen LogP contribution in [-0.4, -0.2) is 12.3 Å². The van der Waals surface area contributed by atoms with Gasteiger partial charge in [-0.25, -0.2) is 0 Å². The minimum atomic E-state index is -0.0470. The Balaban J connectivity index is 1.85. The molecule has 0 atom stereocenters. The molecular formula is C35H47P. The molecule has 0 unspecified atom stereocenters. The fourth-order valence-corrected chi connectivity index (χ4v) is 8.63. The summed E-state index contributed by atoms with van der Waals surface area (Å²) in [4.78, 5) is 0. The van der Waals surface area contributed by atoms with Crippen molar-refractivity contribution in [3.05, 3.63) is 76.3 Å². The van der Waals surface area contributed by atoms with Gasteiger partial charge in [-0.2, -0.15) is 0 Å². The summed E-state index contributed by atoms with van der Waals surface area (Å²) in [6, 6.07) is 19.4. The van der Waals surface area contributed by atoms with Crippen LogP contribution in [-0.2, 0) is 6.42 Å². The summed E-state index contributed by atoms with van der Waals surface area (Å²) in [5.74, 6) is 0. The van der Waals surface area contributed by atoms with E-state index in [0.29, 0.717) is 0 Å². The predicted molar refractivity (Wildman–Crippen MR) is 163 cm³/mol. The van der Waals surface area contributed by atoms with E-state index < -0.39 is 0 Å². The molecule has 3 aromatic rings. The Morgan fingerprint density at radius 2 is 1.11 bits per heavy atom. The summed E-state index contributed by atoms with van der Waals surface area (Å²) >= 11 is 0. The van der Waals surface area contributed by atoms with E-state index in [2.05, 4.69) is 83.1 Å². The zero-order chi connectivity index (χ0) is 25.5. The van der Waals surface area contributed by atoms with Crippen LogP contribution >= 0.6 is 7.92 Å². The van der Waals surface area contributed by atoms with E-state index in [1.165, 1.54) is 121 Å². The van der Waals surface area contributed by atoms with Crippen LogP contribution in [0.15, 0.2) is 48.5 Å². The van der Waals surface area contributed by atoms with Crippen LogP contribution in [0.4, 0.5) is 0 Å². The standard InChI is InChI=1S/C35H47P/c1-6-7-8-9-10-12-15-33-34(31-18-16-26(2)22-28(31)4)24-30(36-20-13-11-14-21-36)25-35(33)32-19-17-27(3)23-29(32)5/h16-19,22-25H,6-15,20-21H2,1-5H3. The van der Waals surface area contributed by atoms with Gasteiger partial charge in [-0.1, -0.05) is 101 Å². The number of aryl methyl sites for hydroxylation is 4. The molecule has 1 heterocycles. The number of unbranched alkanes of at least 4 members (excludes halogenated alkanes) is 5. The lowest BCUT2D eigenvalue weighted by Gasteiger charge is -2.27. The van der Waals surface area contributed by atoms with Crippen LogP contribution in [0.25, 0.3) is 22.3 Å². The molecular weight excluding hydrogens is 451 g/mol. The molecule has 36 heavy (non-hydrogen) atoms. The van der Waals surface area contributed by atoms with Crippen LogP contribution in [0.2, 0.25) is 0 Å². The maximum atomic E-state index is 2.63. The normalized spacial score (nSPS) is 14.4. The van der Waals surface area contributed by atoms with Crippen molar-refractivity contribution >= 4 is 13.2 Å². The van der Waals surface area contributed by atoms with Gasteiger partial charge in [0.05, 0.1) is 0 Å². The third kappa shape index (κ3) is 6.69. The second-order valence-corrected chi connectivity index (χ2v) is 13.7. The summed E-state index contributed by atoms with van der Waals surface area (Å²) in [7, 11) is -0.0470. The molecule has 0 amide bonds. The molecule has 192 valence electrons. The van der Waals surface area contributed by atoms with E-state index >= 15 is 0 Å². The van der Waals surface area contributed by atoms with Crippen LogP contribution in [0.1, 0.15) is 92.5 Å². The average molecular weight is 499 g/mol. The van der Waals surface area contributed by atoms with Crippen molar-refractivity contribution in [1.82, 2.24) is 0 Å². The summed E-state index contributed by atoms with van der Waals surface area (Å²) in [6.45, 7) is 11.4. The van der Waals surface area contributed by atoms with Gasteiger partial charge in [-0.3, -0.25) is 0 Å². The van der Waals surface area contributed by atoms with Gasteiger partial charge in [0.2, 0.25) is 0 Å². The maximum Gasteiger partial charge on any atom is -0.0137 e. The molecule has 1 saturated heterocycles. The van der Waals surface area contributed by atoms with Crippen molar-refractivity contribution in [3.63, 3.8) is 0 Å². The van der Waals surface area contributed by atoms with Gasteiger partial charge >= 0.3 is 0 Å². The molecule has 4 rings (SSSR count). The van der Waals surface area contributed by atoms with E-state index in [-0.39, 0.29) is 7.92 Å². The molecule has 0 bridgehead atoms. The van der Waals surface area contributed by atoms with Crippen molar-refractivity contribution < 1.29 is 0 Å². The van der Waals surface area contributed by atoms with Gasteiger partial charge in [0, 0.05) is 0 Å². The van der Waals surface area contributed by atoms with Crippen LogP contribution < -0.4 is 5.30 Å². The molecule has 1 aliphatic rings. The molecule has 0 nitrogen and oxygen atoms in total. The van der Waals surface area contributed by atoms with Crippen molar-refractivity contribution in [2.45, 2.75) is 98.8 Å². The fraction of sp³-hybridized carbons (Fsp3) is 0.486. The quantitative estimate of drug-likeness (QED) is 0.193. The second kappa shape index (κ2) is 13.1. The molecule has 0 spiro atoms. The van der Waals surface area contributed by atoms with Crippen molar-refractivity contribution in [3.8, 4) is 22.3 Å². The summed E-state index contributed by atoms with van der Waals surface area (Å²) < 4.78 is 0. The molecule has 0 radical (unpaired) electrons. The smallest absolute Gasteiger partial charge is 0.0137 e. The Bertz CT molecular complexity index is 1080. The largest absolute Gasteiger partial charge is 0.0753 e. The Kier molecular flexibility index (Phi) is 9.84. The Morgan fingerprint density at radius 1 is 0.583 bits per heavy atom. The summed E-state index contributed by atoms with van der Waals surface area (Å²) in [5.41, 5.74) is 13.1. The topological polar surface area (TPSA) is 0 Å². The lowest BCUT2D eigenvalue weighted by Crippen LogP contribution is -2.13. The maximum absolute atomic E-state index is 2.63. The Labute approximate surface area is 222 Å². The van der Waals surface area contributed by atoms with Crippen molar-refractivity contribution in [2.75, 3.05) is 12.3 Å². The number of rotatable bonds is 10. The predicted octanol–water partition coefficient (Wildman–Crippen LogP) is 10.4. The monoisotopic (exact) mass is 498 g/mol. The van der Waals surface area contributed by atoms with Gasteiger partial charge in [0.1, 0.15) is 0 Å². The lowest BCUT2D eigenvalue weighted by atomic mass is 9.85. The van der Waals surface area contributed by atoms with E-state index in [0.717, 1.165) is 0 Å². The van der Waals surface area contributed by atoms with Crippen molar-refractivity contribution in [2.24, 2.45) is 0 Å². The van der Waals surface area contributed by atoms with Crippen LogP contribution in [0.3, 0.4) is 0 Å². The highest BCUT2D eigenvalue weighted by Gasteiger charge is 2.21. The highest BCUT2D eigenvalue weighted by molar-refractivity contribution is 7.65. The van der Waals surface area contributed by atoms with E-state index in [9.17, 15) is 0 Å². The van der Waals surface area contributed by atoms with Gasteiger partial charge < -0.3 is 0 Å². The Hall–Kier alpha value is -1.91. The first kappa shape index (κ1) is 27.1. The second-order valence-electron chi connectivity index (χ2n) is 11.2. The first-order chi connectivity index (χ1) is 17.5. The van der Waals surface area contributed by atoms with E-state index in [1.807, 2.05) is 0 Å².